The summed E-state index contributed by atoms with van der Waals surface area (Å²) in [6.45, 7) is 1.65. The number of carboxylic acids is 1. The molecule has 1 aromatic carbocycles. The minimum absolute atomic E-state index is 0.0348. The minimum Gasteiger partial charge on any atom is -0.478 e. The Hall–Kier alpha value is -1.63. The van der Waals surface area contributed by atoms with Crippen molar-refractivity contribution in [1.29, 1.82) is 0 Å². The number of nitrogens with zero attached hydrogens (tertiary/aromatic N) is 1. The number of benzene rings is 1. The maximum Gasteiger partial charge on any atom is 0.338 e. The van der Waals surface area contributed by atoms with Crippen LogP contribution < -0.4 is 5.32 Å². The molecule has 1 heterocycles. The van der Waals surface area contributed by atoms with Crippen LogP contribution in [0.25, 0.3) is 0 Å². The van der Waals surface area contributed by atoms with Crippen molar-refractivity contribution in [1.82, 2.24) is 4.37 Å². The first-order valence-electron chi connectivity index (χ1n) is 5.36. The molecule has 0 fully saturated rings. The molecule has 2 aromatic rings. The van der Waals surface area contributed by atoms with Gasteiger partial charge in [-0.3, -0.25) is 4.79 Å². The number of hydrogen-bond donors (Lipinski definition) is 2. The normalized spacial score (nSPS) is 10.3. The molecule has 0 aliphatic rings. The monoisotopic (exact) mass is 330 g/mol. The lowest BCUT2D eigenvalue weighted by Crippen LogP contribution is -2.14. The molecule has 20 heavy (non-hydrogen) atoms. The van der Waals surface area contributed by atoms with E-state index in [9.17, 15) is 14.7 Å². The fraction of sp³-hybridized carbons (Fsp3) is 0.0833. The number of aromatic nitrogens is 1. The Morgan fingerprint density at radius 3 is 2.60 bits per heavy atom. The Bertz CT molecular complexity index is 700. The van der Waals surface area contributed by atoms with Crippen molar-refractivity contribution < 1.29 is 14.7 Å². The number of halogens is 2. The Morgan fingerprint density at radius 1 is 1.35 bits per heavy atom. The molecule has 1 aromatic heterocycles. The number of amides is 1. The molecule has 0 atom stereocenters. The third-order valence-corrected chi connectivity index (χ3v) is 4.34. The first-order chi connectivity index (χ1) is 9.41. The summed E-state index contributed by atoms with van der Waals surface area (Å²) in [4.78, 5) is 23.4. The predicted octanol–water partition coefficient (Wildman–Crippen LogP) is 3.71. The Kier molecular flexibility index (Phi) is 4.27. The molecule has 2 N–H and O–H groups in total. The molecule has 0 radical (unpaired) electrons. The second-order valence-corrected chi connectivity index (χ2v) is 5.38. The molecule has 0 unspecified atom stereocenters. The predicted molar refractivity (Wildman–Crippen MR) is 78.2 cm³/mol. The summed E-state index contributed by atoms with van der Waals surface area (Å²) in [7, 11) is 0. The number of carbonyl (C=O) groups excluding carboxylic acids is 1. The van der Waals surface area contributed by atoms with Crippen molar-refractivity contribution in [2.24, 2.45) is 0 Å². The summed E-state index contributed by atoms with van der Waals surface area (Å²) in [5.74, 6) is -1.67. The van der Waals surface area contributed by atoms with Gasteiger partial charge in [0, 0.05) is 0 Å². The maximum atomic E-state index is 12.1. The number of carbonyl (C=O) groups is 2. The van der Waals surface area contributed by atoms with Crippen LogP contribution in [0.2, 0.25) is 10.2 Å². The zero-order chi connectivity index (χ0) is 14.9. The lowest BCUT2D eigenvalue weighted by atomic mass is 10.1. The van der Waals surface area contributed by atoms with Gasteiger partial charge in [-0.1, -0.05) is 35.3 Å². The lowest BCUT2D eigenvalue weighted by molar-refractivity contribution is 0.0697. The maximum absolute atomic E-state index is 12.1. The molecule has 0 saturated carbocycles. The van der Waals surface area contributed by atoms with E-state index >= 15 is 0 Å². The van der Waals surface area contributed by atoms with Gasteiger partial charge < -0.3 is 10.4 Å². The van der Waals surface area contributed by atoms with Crippen LogP contribution in [-0.4, -0.2) is 21.4 Å². The van der Waals surface area contributed by atoms with Gasteiger partial charge in [0.05, 0.1) is 11.3 Å². The van der Waals surface area contributed by atoms with E-state index in [0.29, 0.717) is 5.56 Å². The summed E-state index contributed by atoms with van der Waals surface area (Å²) in [6, 6.07) is 4.80. The van der Waals surface area contributed by atoms with Crippen LogP contribution in [0, 0.1) is 6.92 Å². The van der Waals surface area contributed by atoms with E-state index < -0.39 is 11.9 Å². The number of aromatic carboxylic acids is 1. The molecule has 0 spiro atoms. The van der Waals surface area contributed by atoms with E-state index in [2.05, 4.69) is 9.69 Å². The van der Waals surface area contributed by atoms with Gasteiger partial charge in [0.1, 0.15) is 9.90 Å². The number of rotatable bonds is 3. The number of aryl methyl sites for hydroxylation is 1. The average molecular weight is 331 g/mol. The third kappa shape index (κ3) is 2.77. The van der Waals surface area contributed by atoms with Gasteiger partial charge in [-0.15, -0.1) is 0 Å². The van der Waals surface area contributed by atoms with Gasteiger partial charge in [0.15, 0.2) is 5.15 Å². The van der Waals surface area contributed by atoms with Gasteiger partial charge >= 0.3 is 5.97 Å². The van der Waals surface area contributed by atoms with Crippen molar-refractivity contribution >= 4 is 52.3 Å². The molecule has 0 aliphatic carbocycles. The van der Waals surface area contributed by atoms with Crippen LogP contribution in [0.3, 0.4) is 0 Å². The molecule has 0 aliphatic heterocycles. The van der Waals surface area contributed by atoms with Crippen LogP contribution >= 0.6 is 34.7 Å². The van der Waals surface area contributed by atoms with Crippen LogP contribution in [0.15, 0.2) is 18.2 Å². The zero-order valence-corrected chi connectivity index (χ0v) is 12.4. The van der Waals surface area contributed by atoms with Gasteiger partial charge in [0.2, 0.25) is 0 Å². The minimum atomic E-state index is -1.12. The highest BCUT2D eigenvalue weighted by Crippen LogP contribution is 2.29. The number of hydrogen-bond acceptors (Lipinski definition) is 4. The fourth-order valence-electron chi connectivity index (χ4n) is 1.64. The number of carboxylic acid groups (broad SMARTS) is 1. The Balaban J connectivity index is 2.36. The van der Waals surface area contributed by atoms with Gasteiger partial charge in [-0.05, 0) is 30.1 Å². The first kappa shape index (κ1) is 14.8. The molecule has 104 valence electrons. The largest absolute Gasteiger partial charge is 0.478 e. The standard InChI is InChI=1S/C12H8Cl2N2O3S/c1-5-3-2-4-6(7(5)12(18)19)15-11(17)9-8(13)10(14)16-20-9/h2-4H,1H3,(H,15,17)(H,18,19). The highest BCUT2D eigenvalue weighted by atomic mass is 35.5. The Labute approximate surface area is 128 Å². The molecule has 0 bridgehead atoms. The SMILES string of the molecule is Cc1cccc(NC(=O)c2snc(Cl)c2Cl)c1C(=O)O. The van der Waals surface area contributed by atoms with Crippen molar-refractivity contribution in [3.63, 3.8) is 0 Å². The van der Waals surface area contributed by atoms with E-state index in [1.54, 1.807) is 19.1 Å². The fourth-order valence-corrected chi connectivity index (χ4v) is 2.74. The summed E-state index contributed by atoms with van der Waals surface area (Å²) >= 11 is 12.4. The lowest BCUT2D eigenvalue weighted by Gasteiger charge is -2.09. The van der Waals surface area contributed by atoms with Crippen LogP contribution in [-0.2, 0) is 0 Å². The molecule has 5 nitrogen and oxygen atoms in total. The summed E-state index contributed by atoms with van der Waals surface area (Å²) in [6.07, 6.45) is 0. The third-order valence-electron chi connectivity index (χ3n) is 2.54. The van der Waals surface area contributed by atoms with Crippen molar-refractivity contribution in [3.05, 3.63) is 44.4 Å². The molecule has 0 saturated heterocycles. The van der Waals surface area contributed by atoms with E-state index in [-0.39, 0.29) is 26.3 Å². The topological polar surface area (TPSA) is 79.3 Å². The Morgan fingerprint density at radius 2 is 2.05 bits per heavy atom. The van der Waals surface area contributed by atoms with Crippen molar-refractivity contribution in [2.45, 2.75) is 6.92 Å². The summed E-state index contributed by atoms with van der Waals surface area (Å²) in [5, 5.41) is 11.8. The molecular weight excluding hydrogens is 323 g/mol. The molecule has 1 amide bonds. The first-order valence-corrected chi connectivity index (χ1v) is 6.89. The van der Waals surface area contributed by atoms with Gasteiger partial charge in [-0.25, -0.2) is 4.79 Å². The van der Waals surface area contributed by atoms with E-state index in [4.69, 9.17) is 23.2 Å². The van der Waals surface area contributed by atoms with Gasteiger partial charge in [-0.2, -0.15) is 4.37 Å². The van der Waals surface area contributed by atoms with Crippen LogP contribution in [0.1, 0.15) is 25.6 Å². The molecular formula is C12H8Cl2N2O3S. The van der Waals surface area contributed by atoms with Crippen molar-refractivity contribution in [3.8, 4) is 0 Å². The summed E-state index contributed by atoms with van der Waals surface area (Å²) < 4.78 is 3.75. The zero-order valence-electron chi connectivity index (χ0n) is 10.1. The number of anilines is 1. The van der Waals surface area contributed by atoms with E-state index in [0.717, 1.165) is 11.5 Å². The average Bonchev–Trinajstić information content (AvgIpc) is 2.69. The smallest absolute Gasteiger partial charge is 0.338 e. The quantitative estimate of drug-likeness (QED) is 0.899. The highest BCUT2D eigenvalue weighted by Gasteiger charge is 2.20. The second-order valence-electron chi connectivity index (χ2n) is 3.87. The molecule has 8 heteroatoms. The molecule has 2 rings (SSSR count). The highest BCUT2D eigenvalue weighted by molar-refractivity contribution is 7.09. The summed E-state index contributed by atoms with van der Waals surface area (Å²) in [5.41, 5.74) is 0.777. The van der Waals surface area contributed by atoms with Crippen LogP contribution in [0.5, 0.6) is 0 Å². The van der Waals surface area contributed by atoms with Crippen LogP contribution in [0.4, 0.5) is 5.69 Å². The van der Waals surface area contributed by atoms with Gasteiger partial charge in [0.25, 0.3) is 5.91 Å². The number of nitrogens with one attached hydrogen (secondary N) is 1. The second kappa shape index (κ2) is 5.78. The van der Waals surface area contributed by atoms with E-state index in [1.165, 1.54) is 6.07 Å². The van der Waals surface area contributed by atoms with E-state index in [1.807, 2.05) is 0 Å². The van der Waals surface area contributed by atoms with Crippen molar-refractivity contribution in [2.75, 3.05) is 5.32 Å².